The van der Waals surface area contributed by atoms with E-state index in [0.717, 1.165) is 30.0 Å². The molecule has 0 saturated carbocycles. The molecule has 0 spiro atoms. The Morgan fingerprint density at radius 1 is 1.21 bits per heavy atom. The number of aromatic nitrogens is 3. The number of nitrogens with zero attached hydrogens (tertiary/aromatic N) is 4. The summed E-state index contributed by atoms with van der Waals surface area (Å²) in [5.74, 6) is -0.0776. The Balaban J connectivity index is 1.52. The van der Waals surface area contributed by atoms with Gasteiger partial charge in [0, 0.05) is 13.0 Å². The molecule has 3 aromatic rings. The normalized spacial score (nSPS) is 20.5. The van der Waals surface area contributed by atoms with Gasteiger partial charge in [-0.3, -0.25) is 9.69 Å². The van der Waals surface area contributed by atoms with E-state index in [2.05, 4.69) is 10.1 Å². The number of carbonyl (C=O) groups excluding carboxylic acids is 1. The highest BCUT2D eigenvalue weighted by molar-refractivity contribution is 7.89. The van der Waals surface area contributed by atoms with Gasteiger partial charge in [0.15, 0.2) is 5.82 Å². The van der Waals surface area contributed by atoms with Gasteiger partial charge in [0.25, 0.3) is 0 Å². The van der Waals surface area contributed by atoms with Gasteiger partial charge >= 0.3 is 5.97 Å². The first-order chi connectivity index (χ1) is 16.2. The summed E-state index contributed by atoms with van der Waals surface area (Å²) in [6.07, 6.45) is 1.83. The summed E-state index contributed by atoms with van der Waals surface area (Å²) in [6, 6.07) is 11.0. The number of piperidine rings is 1. The fraction of sp³-hybridized carbons (Fsp3) is 0.348. The van der Waals surface area contributed by atoms with Crippen LogP contribution in [0, 0.1) is 12.7 Å². The van der Waals surface area contributed by atoms with Crippen LogP contribution in [0.25, 0.3) is 5.69 Å². The fourth-order valence-electron chi connectivity index (χ4n) is 4.58. The molecule has 4 heterocycles. The third-order valence-electron chi connectivity index (χ3n) is 6.18. The van der Waals surface area contributed by atoms with Gasteiger partial charge in [-0.1, -0.05) is 29.8 Å². The zero-order chi connectivity index (χ0) is 24.0. The molecule has 178 valence electrons. The molecule has 3 aliphatic heterocycles. The molecule has 2 N–H and O–H groups in total. The number of halogens is 1. The molecule has 3 aliphatic rings. The number of aryl methyl sites for hydroxylation is 1. The molecule has 2 aromatic carbocycles. The molecule has 11 heteroatoms. The highest BCUT2D eigenvalue weighted by Gasteiger charge is 2.42. The number of sulfonamides is 1. The van der Waals surface area contributed by atoms with Crippen molar-refractivity contribution in [1.29, 1.82) is 0 Å². The third-order valence-corrected chi connectivity index (χ3v) is 7.09. The number of primary sulfonamides is 1. The van der Waals surface area contributed by atoms with Crippen molar-refractivity contribution >= 4 is 16.0 Å². The lowest BCUT2D eigenvalue weighted by Gasteiger charge is -2.42. The average Bonchev–Trinajstić information content (AvgIpc) is 3.15. The lowest BCUT2D eigenvalue weighted by molar-refractivity contribution is -0.176. The second-order valence-corrected chi connectivity index (χ2v) is 10.3. The van der Waals surface area contributed by atoms with Crippen molar-refractivity contribution in [2.24, 2.45) is 5.14 Å². The minimum atomic E-state index is -4.05. The molecule has 2 bridgehead atoms. The van der Waals surface area contributed by atoms with Crippen molar-refractivity contribution in [1.82, 2.24) is 19.7 Å². The predicted molar refractivity (Wildman–Crippen MR) is 120 cm³/mol. The monoisotopic (exact) mass is 485 g/mol. The van der Waals surface area contributed by atoms with E-state index >= 15 is 4.39 Å². The number of hydrogen-bond donors (Lipinski definition) is 1. The molecule has 3 saturated heterocycles. The summed E-state index contributed by atoms with van der Waals surface area (Å²) in [7, 11) is -4.05. The van der Waals surface area contributed by atoms with Gasteiger partial charge in [-0.15, -0.1) is 5.10 Å². The Kier molecular flexibility index (Phi) is 5.70. The Morgan fingerprint density at radius 3 is 2.71 bits per heavy atom. The van der Waals surface area contributed by atoms with Crippen LogP contribution < -0.4 is 5.14 Å². The highest BCUT2D eigenvalue weighted by atomic mass is 32.2. The highest BCUT2D eigenvalue weighted by Crippen LogP contribution is 2.29. The molecule has 6 rings (SSSR count). The Labute approximate surface area is 196 Å². The Hall–Kier alpha value is -3.15. The lowest BCUT2D eigenvalue weighted by atomic mass is 9.96. The first-order valence-electron chi connectivity index (χ1n) is 10.9. The van der Waals surface area contributed by atoms with Crippen molar-refractivity contribution in [3.05, 3.63) is 71.1 Å². The minimum absolute atomic E-state index is 0.0633. The minimum Gasteiger partial charge on any atom is -0.460 e. The van der Waals surface area contributed by atoms with Gasteiger partial charge in [-0.2, -0.15) is 0 Å². The van der Waals surface area contributed by atoms with Crippen molar-refractivity contribution in [2.45, 2.75) is 49.8 Å². The molecule has 2 atom stereocenters. The maximum absolute atomic E-state index is 15.0. The molecule has 34 heavy (non-hydrogen) atoms. The number of morpholine rings is 1. The van der Waals surface area contributed by atoms with Crippen LogP contribution in [0.3, 0.4) is 0 Å². The van der Waals surface area contributed by atoms with Crippen LogP contribution >= 0.6 is 0 Å². The van der Waals surface area contributed by atoms with Gasteiger partial charge < -0.3 is 4.74 Å². The van der Waals surface area contributed by atoms with Crippen LogP contribution in [0.4, 0.5) is 4.39 Å². The van der Waals surface area contributed by atoms with Crippen LogP contribution in [0.1, 0.15) is 35.6 Å². The van der Waals surface area contributed by atoms with Gasteiger partial charge in [-0.25, -0.2) is 27.6 Å². The number of hydrogen-bond acceptors (Lipinski definition) is 7. The summed E-state index contributed by atoms with van der Waals surface area (Å²) in [5, 5.41) is 9.68. The molecule has 2 unspecified atom stereocenters. The van der Waals surface area contributed by atoms with Crippen molar-refractivity contribution in [3.8, 4) is 5.69 Å². The van der Waals surface area contributed by atoms with E-state index in [4.69, 9.17) is 9.88 Å². The van der Waals surface area contributed by atoms with Crippen LogP contribution in [0.2, 0.25) is 0 Å². The third kappa shape index (κ3) is 4.46. The first kappa shape index (κ1) is 22.6. The smallest absolute Gasteiger partial charge is 0.323 e. The standard InChI is InChI=1S/C23H24FN5O4S/c1-14-3-2-4-15(9-14)10-22-26-21(13-28-12-16-5-7-20(28)23(30)33-16)27-29(22)19-8-6-17(11-18(19)24)34(25,31)32/h2-4,6,8-9,11,16,20H,5,7,10,12-13H2,1H3,(H2,25,31,32). The second-order valence-electron chi connectivity index (χ2n) is 8.76. The number of nitrogens with two attached hydrogens (primary N) is 1. The van der Waals surface area contributed by atoms with Gasteiger partial charge in [-0.05, 0) is 43.5 Å². The molecule has 1 aromatic heterocycles. The van der Waals surface area contributed by atoms with E-state index < -0.39 is 15.8 Å². The second kappa shape index (κ2) is 8.57. The molecular formula is C23H24FN5O4S. The van der Waals surface area contributed by atoms with Crippen LogP contribution in [0.5, 0.6) is 0 Å². The zero-order valence-electron chi connectivity index (χ0n) is 18.5. The maximum atomic E-state index is 15.0. The Morgan fingerprint density at radius 2 is 2.03 bits per heavy atom. The van der Waals surface area contributed by atoms with E-state index in [9.17, 15) is 13.2 Å². The largest absolute Gasteiger partial charge is 0.460 e. The number of carbonyl (C=O) groups is 1. The number of ether oxygens (including phenoxy) is 1. The molecular weight excluding hydrogens is 461 g/mol. The molecule has 0 aliphatic carbocycles. The summed E-state index contributed by atoms with van der Waals surface area (Å²) >= 11 is 0. The topological polar surface area (TPSA) is 120 Å². The van der Waals surface area contributed by atoms with Crippen LogP contribution in [-0.2, 0) is 32.5 Å². The summed E-state index contributed by atoms with van der Waals surface area (Å²) < 4.78 is 45.0. The first-order valence-corrected chi connectivity index (χ1v) is 12.5. The van der Waals surface area contributed by atoms with Gasteiger partial charge in [0.1, 0.15) is 29.5 Å². The van der Waals surface area contributed by atoms with Crippen LogP contribution in [-0.4, -0.2) is 52.7 Å². The maximum Gasteiger partial charge on any atom is 0.323 e. The number of rotatable bonds is 6. The quantitative estimate of drug-likeness (QED) is 0.529. The number of benzene rings is 2. The number of fused-ring (bicyclic) bond motifs is 3. The van der Waals surface area contributed by atoms with E-state index in [1.165, 1.54) is 16.8 Å². The van der Waals surface area contributed by atoms with Crippen molar-refractivity contribution in [2.75, 3.05) is 6.54 Å². The number of esters is 1. The van der Waals surface area contributed by atoms with E-state index in [1.54, 1.807) is 0 Å². The van der Waals surface area contributed by atoms with Crippen molar-refractivity contribution in [3.63, 3.8) is 0 Å². The Bertz CT molecular complexity index is 1370. The predicted octanol–water partition coefficient (Wildman–Crippen LogP) is 1.84. The molecule has 0 amide bonds. The van der Waals surface area contributed by atoms with E-state index in [-0.39, 0.29) is 28.7 Å². The SMILES string of the molecule is Cc1cccc(Cc2nc(CN3CC4CCC3C(=O)O4)nn2-c2ccc(S(N)(=O)=O)cc2F)c1. The summed E-state index contributed by atoms with van der Waals surface area (Å²) in [6.45, 7) is 2.91. The average molecular weight is 486 g/mol. The van der Waals surface area contributed by atoms with E-state index in [1.807, 2.05) is 36.1 Å². The molecule has 0 radical (unpaired) electrons. The van der Waals surface area contributed by atoms with Crippen LogP contribution in [0.15, 0.2) is 47.4 Å². The molecule has 3 fully saturated rings. The summed E-state index contributed by atoms with van der Waals surface area (Å²) in [4.78, 5) is 18.5. The lowest BCUT2D eigenvalue weighted by Crippen LogP contribution is -2.56. The fourth-order valence-corrected chi connectivity index (χ4v) is 5.10. The van der Waals surface area contributed by atoms with E-state index in [0.29, 0.717) is 31.2 Å². The molecule has 9 nitrogen and oxygen atoms in total. The summed E-state index contributed by atoms with van der Waals surface area (Å²) in [5.41, 5.74) is 2.12. The van der Waals surface area contributed by atoms with Crippen molar-refractivity contribution < 1.29 is 22.3 Å². The van der Waals surface area contributed by atoms with Gasteiger partial charge in [0.05, 0.1) is 11.4 Å². The van der Waals surface area contributed by atoms with Gasteiger partial charge in [0.2, 0.25) is 10.0 Å². The zero-order valence-corrected chi connectivity index (χ0v) is 19.3.